The van der Waals surface area contributed by atoms with Crippen molar-refractivity contribution in [3.05, 3.63) is 114 Å². The smallest absolute Gasteiger partial charge is 0.232 e. The molecule has 0 atom stereocenters. The van der Waals surface area contributed by atoms with Gasteiger partial charge < -0.3 is 4.42 Å². The molecule has 11 heteroatoms. The number of anilines is 1. The molecule has 45 heavy (non-hydrogen) atoms. The van der Waals surface area contributed by atoms with Crippen molar-refractivity contribution < 1.29 is 30.4 Å². The first kappa shape index (κ1) is 32.1. The van der Waals surface area contributed by atoms with Gasteiger partial charge in [-0.3, -0.25) is 9.10 Å². The topological polar surface area (TPSA) is 105 Å². The number of benzene rings is 4. The summed E-state index contributed by atoms with van der Waals surface area (Å²) < 4.78 is 74.7. The van der Waals surface area contributed by atoms with Crippen LogP contribution in [0.4, 0.5) is 10.1 Å². The molecule has 5 aromatic rings. The van der Waals surface area contributed by atoms with Crippen molar-refractivity contribution in [3.8, 4) is 22.5 Å². The Morgan fingerprint density at radius 2 is 1.40 bits per heavy atom. The summed E-state index contributed by atoms with van der Waals surface area (Å²) in [6, 6.07) is 27.1. The van der Waals surface area contributed by atoms with Crippen LogP contribution in [0.25, 0.3) is 33.4 Å². The highest BCUT2D eigenvalue weighted by atomic mass is 32.2. The monoisotopic (exact) mass is 648 g/mol. The third-order valence-corrected chi connectivity index (χ3v) is 9.92. The first-order chi connectivity index (χ1) is 21.4. The molecule has 0 saturated heterocycles. The van der Waals surface area contributed by atoms with Gasteiger partial charge >= 0.3 is 0 Å². The number of carbonyl (C=O) groups is 1. The molecule has 8 nitrogen and oxygen atoms in total. The number of sulfonamides is 2. The maximum absolute atomic E-state index is 13.8. The van der Waals surface area contributed by atoms with E-state index in [9.17, 15) is 26.0 Å². The Balaban J connectivity index is 1.68. The Hall–Kier alpha value is -4.32. The second-order valence-corrected chi connectivity index (χ2v) is 14.6. The van der Waals surface area contributed by atoms with E-state index in [1.807, 2.05) is 36.4 Å². The standard InChI is InChI=1S/C34H33FN2O6S2/c1-4-31(38)33-29-21-28(25-13-9-6-10-14-25)30(22-32(29)43-34(33)26-15-17-27(35)18-16-26)37(45(3,41)42)20-19-36(44(2,39)40)23-24-11-7-5-8-12-24/h5-18,21-22H,4,19-20,23H2,1-3H3. The number of nitrogens with zero attached hydrogens (tertiary/aromatic N) is 2. The van der Waals surface area contributed by atoms with Crippen molar-refractivity contribution in [1.82, 2.24) is 4.31 Å². The molecule has 4 aromatic carbocycles. The van der Waals surface area contributed by atoms with E-state index in [0.29, 0.717) is 27.6 Å². The Morgan fingerprint density at radius 1 is 0.778 bits per heavy atom. The van der Waals surface area contributed by atoms with Gasteiger partial charge in [-0.1, -0.05) is 67.6 Å². The quantitative estimate of drug-likeness (QED) is 0.139. The van der Waals surface area contributed by atoms with Gasteiger partial charge in [-0.2, -0.15) is 4.31 Å². The number of rotatable bonds is 12. The third-order valence-electron chi connectivity index (χ3n) is 7.49. The largest absolute Gasteiger partial charge is 0.455 e. The van der Waals surface area contributed by atoms with Gasteiger partial charge in [0.15, 0.2) is 5.78 Å². The highest BCUT2D eigenvalue weighted by Gasteiger charge is 2.28. The molecule has 0 N–H and O–H groups in total. The molecule has 1 heterocycles. The minimum atomic E-state index is -3.95. The minimum absolute atomic E-state index is 0.0730. The van der Waals surface area contributed by atoms with E-state index < -0.39 is 25.9 Å². The Bertz CT molecular complexity index is 2050. The fourth-order valence-corrected chi connectivity index (χ4v) is 6.98. The number of fused-ring (bicyclic) bond motifs is 1. The van der Waals surface area contributed by atoms with E-state index in [-0.39, 0.29) is 48.9 Å². The lowest BCUT2D eigenvalue weighted by Gasteiger charge is -2.28. The van der Waals surface area contributed by atoms with E-state index in [2.05, 4.69) is 0 Å². The van der Waals surface area contributed by atoms with Gasteiger partial charge in [0.2, 0.25) is 20.0 Å². The lowest BCUT2D eigenvalue weighted by atomic mass is 9.96. The zero-order valence-corrected chi connectivity index (χ0v) is 26.7. The molecule has 234 valence electrons. The number of halogens is 1. The van der Waals surface area contributed by atoms with Crippen molar-refractivity contribution in [2.24, 2.45) is 0 Å². The molecule has 5 rings (SSSR count). The van der Waals surface area contributed by atoms with Gasteiger partial charge in [0, 0.05) is 48.6 Å². The molecule has 0 aliphatic carbocycles. The number of ketones is 1. The minimum Gasteiger partial charge on any atom is -0.455 e. The summed E-state index contributed by atoms with van der Waals surface area (Å²) in [6.45, 7) is 1.50. The first-order valence-electron chi connectivity index (χ1n) is 14.3. The Morgan fingerprint density at radius 3 is 1.98 bits per heavy atom. The summed E-state index contributed by atoms with van der Waals surface area (Å²) in [6.07, 6.45) is 2.34. The van der Waals surface area contributed by atoms with Crippen LogP contribution in [0, 0.1) is 5.82 Å². The lowest BCUT2D eigenvalue weighted by Crippen LogP contribution is -2.40. The number of hydrogen-bond acceptors (Lipinski definition) is 6. The van der Waals surface area contributed by atoms with Gasteiger partial charge in [-0.05, 0) is 41.5 Å². The fourth-order valence-electron chi connectivity index (χ4n) is 5.26. The maximum Gasteiger partial charge on any atom is 0.232 e. The molecule has 0 fully saturated rings. The van der Waals surface area contributed by atoms with Gasteiger partial charge in [0.1, 0.15) is 17.2 Å². The summed E-state index contributed by atoms with van der Waals surface area (Å²) in [5, 5.41) is 0.485. The molecular formula is C34H33FN2O6S2. The fraction of sp³-hybridized carbons (Fsp3) is 0.206. The van der Waals surface area contributed by atoms with Crippen LogP contribution >= 0.6 is 0 Å². The van der Waals surface area contributed by atoms with Crippen molar-refractivity contribution >= 4 is 42.5 Å². The molecule has 0 bridgehead atoms. The molecule has 1 aromatic heterocycles. The van der Waals surface area contributed by atoms with Gasteiger partial charge in [0.25, 0.3) is 0 Å². The predicted octanol–water partition coefficient (Wildman–Crippen LogP) is 6.73. The normalized spacial score (nSPS) is 12.1. The van der Waals surface area contributed by atoms with E-state index >= 15 is 0 Å². The zero-order chi connectivity index (χ0) is 32.4. The van der Waals surface area contributed by atoms with Crippen LogP contribution in [-0.2, 0) is 26.6 Å². The molecule has 0 aliphatic rings. The first-order valence-corrected chi connectivity index (χ1v) is 18.0. The molecule has 0 unspecified atom stereocenters. The predicted molar refractivity (Wildman–Crippen MR) is 176 cm³/mol. The lowest BCUT2D eigenvalue weighted by molar-refractivity contribution is 0.0989. The summed E-state index contributed by atoms with van der Waals surface area (Å²) >= 11 is 0. The molecule has 0 radical (unpaired) electrons. The van der Waals surface area contributed by atoms with Crippen LogP contribution in [0.5, 0.6) is 0 Å². The van der Waals surface area contributed by atoms with Crippen molar-refractivity contribution in [2.75, 3.05) is 29.9 Å². The van der Waals surface area contributed by atoms with Gasteiger partial charge in [0.05, 0.1) is 23.8 Å². The average molecular weight is 649 g/mol. The summed E-state index contributed by atoms with van der Waals surface area (Å²) in [4.78, 5) is 13.3. The zero-order valence-electron chi connectivity index (χ0n) is 25.1. The van der Waals surface area contributed by atoms with Crippen molar-refractivity contribution in [3.63, 3.8) is 0 Å². The van der Waals surface area contributed by atoms with E-state index in [4.69, 9.17) is 4.42 Å². The summed E-state index contributed by atoms with van der Waals surface area (Å²) in [5.74, 6) is -0.374. The number of hydrogen-bond donors (Lipinski definition) is 0. The van der Waals surface area contributed by atoms with Crippen LogP contribution in [0.1, 0.15) is 29.3 Å². The molecule has 0 saturated carbocycles. The van der Waals surface area contributed by atoms with Crippen molar-refractivity contribution in [2.45, 2.75) is 19.9 Å². The maximum atomic E-state index is 13.8. The average Bonchev–Trinajstić information content (AvgIpc) is 3.38. The second kappa shape index (κ2) is 13.0. The van der Waals surface area contributed by atoms with Crippen LogP contribution in [0.15, 0.2) is 101 Å². The van der Waals surface area contributed by atoms with Gasteiger partial charge in [-0.25, -0.2) is 21.2 Å². The van der Waals surface area contributed by atoms with Crippen LogP contribution < -0.4 is 4.31 Å². The van der Waals surface area contributed by atoms with Crippen LogP contribution in [0.3, 0.4) is 0 Å². The number of furan rings is 1. The van der Waals surface area contributed by atoms with E-state index in [1.165, 1.54) is 32.9 Å². The van der Waals surface area contributed by atoms with Crippen molar-refractivity contribution in [1.29, 1.82) is 0 Å². The second-order valence-electron chi connectivity index (χ2n) is 10.7. The highest BCUT2D eigenvalue weighted by molar-refractivity contribution is 7.92. The Labute approximate surface area is 262 Å². The number of Topliss-reactive ketones (excluding diaryl/α,β-unsaturated/α-hetero) is 1. The number of carbonyl (C=O) groups excluding carboxylic acids is 1. The third kappa shape index (κ3) is 7.16. The SMILES string of the molecule is CCC(=O)c1c(-c2ccc(F)cc2)oc2cc(N(CCN(Cc3ccccc3)S(C)(=O)=O)S(C)(=O)=O)c(-c3ccccc3)cc12. The van der Waals surface area contributed by atoms with Crippen LogP contribution in [-0.4, -0.2) is 52.5 Å². The summed E-state index contributed by atoms with van der Waals surface area (Å²) in [5.41, 5.74) is 3.30. The molecular weight excluding hydrogens is 616 g/mol. The molecule has 0 amide bonds. The highest BCUT2D eigenvalue weighted by Crippen LogP contribution is 2.42. The van der Waals surface area contributed by atoms with E-state index in [1.54, 1.807) is 43.3 Å². The van der Waals surface area contributed by atoms with E-state index in [0.717, 1.165) is 18.1 Å². The molecule has 0 aliphatic heterocycles. The van der Waals surface area contributed by atoms with Gasteiger partial charge in [-0.15, -0.1) is 0 Å². The Kier molecular flexibility index (Phi) is 9.24. The molecule has 0 spiro atoms. The van der Waals surface area contributed by atoms with Crippen LogP contribution in [0.2, 0.25) is 0 Å². The summed E-state index contributed by atoms with van der Waals surface area (Å²) in [7, 11) is -7.65.